The molecule has 1 heterocycles. The molecule has 0 saturated heterocycles. The molecular weight excluding hydrogens is 196 g/mol. The predicted molar refractivity (Wildman–Crippen MR) is 60.7 cm³/mol. The van der Waals surface area contributed by atoms with Crippen molar-refractivity contribution in [2.75, 3.05) is 6.54 Å². The summed E-state index contributed by atoms with van der Waals surface area (Å²) in [6.07, 6.45) is 0. The van der Waals surface area contributed by atoms with E-state index in [-0.39, 0.29) is 0 Å². The summed E-state index contributed by atoms with van der Waals surface area (Å²) in [6.45, 7) is 3.47. The highest BCUT2D eigenvalue weighted by Crippen LogP contribution is 2.25. The molecule has 0 bridgehead atoms. The summed E-state index contributed by atoms with van der Waals surface area (Å²) in [5.74, 6) is 0. The first-order chi connectivity index (χ1) is 6.74. The molecule has 0 aliphatic heterocycles. The fourth-order valence-electron chi connectivity index (χ4n) is 1.76. The molecule has 0 saturated carbocycles. The first kappa shape index (κ1) is 9.56. The van der Waals surface area contributed by atoms with Crippen LogP contribution in [0.5, 0.6) is 0 Å². The highest BCUT2D eigenvalue weighted by Gasteiger charge is 2.06. The number of halogens is 1. The minimum atomic E-state index is 0.609. The number of nitrogens with two attached hydrogens (primary N) is 1. The van der Waals surface area contributed by atoms with Crippen LogP contribution in [0.3, 0.4) is 0 Å². The summed E-state index contributed by atoms with van der Waals surface area (Å²) in [5, 5.41) is 1.98. The molecule has 1 aromatic heterocycles. The third-order valence-electron chi connectivity index (χ3n) is 2.47. The van der Waals surface area contributed by atoms with E-state index in [0.717, 1.165) is 11.7 Å². The van der Waals surface area contributed by atoms with Crippen LogP contribution >= 0.6 is 11.6 Å². The lowest BCUT2D eigenvalue weighted by atomic mass is 10.1. The highest BCUT2D eigenvalue weighted by molar-refractivity contribution is 6.31. The van der Waals surface area contributed by atoms with Gasteiger partial charge in [-0.1, -0.05) is 23.7 Å². The Morgan fingerprint density at radius 2 is 2.21 bits per heavy atom. The molecular formula is C11H13ClN2. The Hall–Kier alpha value is -0.990. The molecule has 1 aromatic carbocycles. The third-order valence-corrected chi connectivity index (χ3v) is 2.78. The number of aryl methyl sites for hydroxylation is 1. The van der Waals surface area contributed by atoms with Crippen molar-refractivity contribution in [1.82, 2.24) is 4.57 Å². The van der Waals surface area contributed by atoms with E-state index >= 15 is 0 Å². The van der Waals surface area contributed by atoms with Crippen LogP contribution in [0.15, 0.2) is 24.3 Å². The van der Waals surface area contributed by atoms with Crippen LogP contribution in [0.1, 0.15) is 5.56 Å². The molecule has 0 spiro atoms. The number of hydrogen-bond acceptors (Lipinski definition) is 1. The molecule has 3 heteroatoms. The molecule has 74 valence electrons. The van der Waals surface area contributed by atoms with Gasteiger partial charge in [-0.3, -0.25) is 0 Å². The maximum atomic E-state index is 6.13. The van der Waals surface area contributed by atoms with E-state index in [1.54, 1.807) is 0 Å². The average Bonchev–Trinajstić information content (AvgIpc) is 2.47. The summed E-state index contributed by atoms with van der Waals surface area (Å²) in [5.41, 5.74) is 7.96. The second kappa shape index (κ2) is 3.64. The van der Waals surface area contributed by atoms with E-state index in [1.807, 2.05) is 16.7 Å². The monoisotopic (exact) mass is 208 g/mol. The van der Waals surface area contributed by atoms with Crippen molar-refractivity contribution in [3.63, 3.8) is 0 Å². The first-order valence-corrected chi connectivity index (χ1v) is 5.06. The van der Waals surface area contributed by atoms with Gasteiger partial charge in [0.2, 0.25) is 0 Å². The Kier molecular flexibility index (Phi) is 2.48. The topological polar surface area (TPSA) is 30.9 Å². The maximum absolute atomic E-state index is 6.13. The molecule has 0 aliphatic rings. The fourth-order valence-corrected chi connectivity index (χ4v) is 2.04. The summed E-state index contributed by atoms with van der Waals surface area (Å²) in [6, 6.07) is 8.21. The quantitative estimate of drug-likeness (QED) is 0.808. The standard InChI is InChI=1S/C11H13ClN2/c1-8-3-2-4-10-9(8)7-11(12)14(10)6-5-13/h2-4,7H,5-6,13H2,1H3. The number of nitrogens with zero attached hydrogens (tertiary/aromatic N) is 1. The van der Waals surface area contributed by atoms with Gasteiger partial charge in [0, 0.05) is 24.0 Å². The van der Waals surface area contributed by atoms with Gasteiger partial charge in [0.25, 0.3) is 0 Å². The predicted octanol–water partition coefficient (Wildman–Crippen LogP) is 2.56. The summed E-state index contributed by atoms with van der Waals surface area (Å²) in [7, 11) is 0. The summed E-state index contributed by atoms with van der Waals surface area (Å²) in [4.78, 5) is 0. The Labute approximate surface area is 88.3 Å². The molecule has 0 unspecified atom stereocenters. The van der Waals surface area contributed by atoms with Gasteiger partial charge in [-0.2, -0.15) is 0 Å². The Morgan fingerprint density at radius 1 is 1.43 bits per heavy atom. The SMILES string of the molecule is Cc1cccc2c1cc(Cl)n2CCN. The largest absolute Gasteiger partial charge is 0.330 e. The van der Waals surface area contributed by atoms with E-state index in [0.29, 0.717) is 6.54 Å². The minimum absolute atomic E-state index is 0.609. The highest BCUT2D eigenvalue weighted by atomic mass is 35.5. The van der Waals surface area contributed by atoms with Crippen LogP contribution in [0, 0.1) is 6.92 Å². The molecule has 0 fully saturated rings. The van der Waals surface area contributed by atoms with Crippen LogP contribution in [-0.4, -0.2) is 11.1 Å². The van der Waals surface area contributed by atoms with Gasteiger partial charge in [0.1, 0.15) is 5.15 Å². The average molecular weight is 209 g/mol. The number of benzene rings is 1. The summed E-state index contributed by atoms with van der Waals surface area (Å²) >= 11 is 6.13. The second-order valence-corrected chi connectivity index (χ2v) is 3.80. The van der Waals surface area contributed by atoms with Crippen molar-refractivity contribution in [2.24, 2.45) is 5.73 Å². The molecule has 0 radical (unpaired) electrons. The zero-order chi connectivity index (χ0) is 10.1. The number of hydrogen-bond donors (Lipinski definition) is 1. The van der Waals surface area contributed by atoms with E-state index in [1.165, 1.54) is 16.5 Å². The molecule has 2 rings (SSSR count). The lowest BCUT2D eigenvalue weighted by Crippen LogP contribution is -2.09. The lowest BCUT2D eigenvalue weighted by molar-refractivity contribution is 0.736. The molecule has 0 aliphatic carbocycles. The number of aromatic nitrogens is 1. The van der Waals surface area contributed by atoms with E-state index < -0.39 is 0 Å². The molecule has 0 atom stereocenters. The molecule has 2 N–H and O–H groups in total. The zero-order valence-corrected chi connectivity index (χ0v) is 8.88. The third kappa shape index (κ3) is 1.41. The van der Waals surface area contributed by atoms with Crippen molar-refractivity contribution in [1.29, 1.82) is 0 Å². The van der Waals surface area contributed by atoms with Gasteiger partial charge in [0.05, 0.1) is 0 Å². The number of fused-ring (bicyclic) bond motifs is 1. The van der Waals surface area contributed by atoms with Crippen LogP contribution in [0.2, 0.25) is 5.15 Å². The smallest absolute Gasteiger partial charge is 0.110 e. The van der Waals surface area contributed by atoms with Crippen molar-refractivity contribution < 1.29 is 0 Å². The van der Waals surface area contributed by atoms with Crippen molar-refractivity contribution in [3.05, 3.63) is 35.0 Å². The molecule has 0 amide bonds. The molecule has 2 aromatic rings. The number of rotatable bonds is 2. The Bertz CT molecular complexity index is 460. The van der Waals surface area contributed by atoms with Gasteiger partial charge in [-0.25, -0.2) is 0 Å². The van der Waals surface area contributed by atoms with Gasteiger partial charge < -0.3 is 10.3 Å². The zero-order valence-electron chi connectivity index (χ0n) is 8.13. The van der Waals surface area contributed by atoms with Crippen molar-refractivity contribution in [2.45, 2.75) is 13.5 Å². The first-order valence-electron chi connectivity index (χ1n) is 4.68. The lowest BCUT2D eigenvalue weighted by Gasteiger charge is -2.04. The Morgan fingerprint density at radius 3 is 2.93 bits per heavy atom. The van der Waals surface area contributed by atoms with Gasteiger partial charge in [0.15, 0.2) is 0 Å². The van der Waals surface area contributed by atoms with Crippen molar-refractivity contribution in [3.8, 4) is 0 Å². The fraction of sp³-hybridized carbons (Fsp3) is 0.273. The van der Waals surface area contributed by atoms with Crippen LogP contribution in [0.4, 0.5) is 0 Å². The maximum Gasteiger partial charge on any atom is 0.110 e. The van der Waals surface area contributed by atoms with E-state index in [2.05, 4.69) is 19.1 Å². The second-order valence-electron chi connectivity index (χ2n) is 3.42. The minimum Gasteiger partial charge on any atom is -0.330 e. The summed E-state index contributed by atoms with van der Waals surface area (Å²) < 4.78 is 2.05. The van der Waals surface area contributed by atoms with E-state index in [4.69, 9.17) is 17.3 Å². The van der Waals surface area contributed by atoms with Gasteiger partial charge in [-0.05, 0) is 24.6 Å². The van der Waals surface area contributed by atoms with Crippen LogP contribution < -0.4 is 5.73 Å². The molecule has 14 heavy (non-hydrogen) atoms. The Balaban J connectivity index is 2.70. The van der Waals surface area contributed by atoms with Gasteiger partial charge >= 0.3 is 0 Å². The molecule has 2 nitrogen and oxygen atoms in total. The van der Waals surface area contributed by atoms with Crippen molar-refractivity contribution >= 4 is 22.5 Å². The normalized spacial score (nSPS) is 11.1. The van der Waals surface area contributed by atoms with Crippen LogP contribution in [-0.2, 0) is 6.54 Å². The van der Waals surface area contributed by atoms with Gasteiger partial charge in [-0.15, -0.1) is 0 Å². The van der Waals surface area contributed by atoms with Crippen LogP contribution in [0.25, 0.3) is 10.9 Å². The van der Waals surface area contributed by atoms with E-state index in [9.17, 15) is 0 Å².